The second kappa shape index (κ2) is 15.2. The van der Waals surface area contributed by atoms with Crippen LogP contribution in [0.1, 0.15) is 80.1 Å². The van der Waals surface area contributed by atoms with Crippen LogP contribution in [0.25, 0.3) is 0 Å². The van der Waals surface area contributed by atoms with E-state index in [2.05, 4.69) is 50.2 Å². The molecule has 1 aromatic heterocycles. The number of nitrogens with zero attached hydrogens (tertiary/aromatic N) is 2. The molecule has 5 heteroatoms. The van der Waals surface area contributed by atoms with Gasteiger partial charge in [-0.2, -0.15) is 4.39 Å². The first-order valence-corrected chi connectivity index (χ1v) is 11.7. The summed E-state index contributed by atoms with van der Waals surface area (Å²) in [4.78, 5) is 17.6. The van der Waals surface area contributed by atoms with E-state index in [1.807, 2.05) is 18.5 Å². The van der Waals surface area contributed by atoms with Crippen LogP contribution in [0.4, 0.5) is 4.39 Å². The Balaban J connectivity index is 0.000000471. The minimum Gasteiger partial charge on any atom is -0.507 e. The molecular weight excluding hydrogens is 403 g/mol. The summed E-state index contributed by atoms with van der Waals surface area (Å²) in [5.41, 5.74) is 2.87. The molecule has 1 aromatic carbocycles. The van der Waals surface area contributed by atoms with Crippen LogP contribution in [0, 0.1) is 6.92 Å². The SMILES string of the molecule is C=CN(CCC)C(CCCC)CCc1cccc(O)c1C(=O)F.CCc1ncccc1C. The number of pyridine rings is 1. The van der Waals surface area contributed by atoms with E-state index in [-0.39, 0.29) is 11.3 Å². The van der Waals surface area contributed by atoms with Gasteiger partial charge in [0.1, 0.15) is 5.75 Å². The number of aromatic hydroxyl groups is 1. The molecule has 0 spiro atoms. The topological polar surface area (TPSA) is 53.4 Å². The Bertz CT molecular complexity index is 838. The monoisotopic (exact) mass is 442 g/mol. The summed E-state index contributed by atoms with van der Waals surface area (Å²) in [6.45, 7) is 13.3. The number of rotatable bonds is 12. The first kappa shape index (κ1) is 27.3. The predicted octanol–water partition coefficient (Wildman–Crippen LogP) is 6.80. The number of carbonyl (C=O) groups is 1. The average Bonchev–Trinajstić information content (AvgIpc) is 2.78. The summed E-state index contributed by atoms with van der Waals surface area (Å²) in [6.07, 6.45) is 10.4. The van der Waals surface area contributed by atoms with E-state index in [0.717, 1.165) is 45.1 Å². The minimum atomic E-state index is -1.57. The van der Waals surface area contributed by atoms with Crippen LogP contribution in [-0.4, -0.2) is 33.6 Å². The van der Waals surface area contributed by atoms with E-state index in [1.54, 1.807) is 12.1 Å². The van der Waals surface area contributed by atoms with E-state index in [9.17, 15) is 14.3 Å². The molecule has 0 aliphatic rings. The number of benzene rings is 1. The fourth-order valence-corrected chi connectivity index (χ4v) is 3.83. The van der Waals surface area contributed by atoms with Crippen molar-refractivity contribution in [2.75, 3.05) is 6.54 Å². The average molecular weight is 443 g/mol. The van der Waals surface area contributed by atoms with E-state index < -0.39 is 6.04 Å². The lowest BCUT2D eigenvalue weighted by molar-refractivity contribution is 0.0831. The molecule has 1 N–H and O–H groups in total. The van der Waals surface area contributed by atoms with Crippen molar-refractivity contribution in [3.63, 3.8) is 0 Å². The lowest BCUT2D eigenvalue weighted by Crippen LogP contribution is -2.32. The number of phenols is 1. The van der Waals surface area contributed by atoms with Crippen molar-refractivity contribution < 1.29 is 14.3 Å². The zero-order valence-electron chi connectivity index (χ0n) is 20.1. The second-order valence-corrected chi connectivity index (χ2v) is 7.96. The van der Waals surface area contributed by atoms with Gasteiger partial charge in [-0.05, 0) is 68.5 Å². The summed E-state index contributed by atoms with van der Waals surface area (Å²) >= 11 is 0. The van der Waals surface area contributed by atoms with Gasteiger partial charge in [0.15, 0.2) is 0 Å². The molecule has 32 heavy (non-hydrogen) atoms. The Kier molecular flexibility index (Phi) is 13.0. The quantitative estimate of drug-likeness (QED) is 0.367. The van der Waals surface area contributed by atoms with Crippen molar-refractivity contribution in [2.24, 2.45) is 0 Å². The third-order valence-corrected chi connectivity index (χ3v) is 5.60. The Morgan fingerprint density at radius 2 is 1.94 bits per heavy atom. The fraction of sp³-hybridized carbons (Fsp3) is 0.481. The first-order chi connectivity index (χ1) is 15.4. The number of aromatic nitrogens is 1. The Morgan fingerprint density at radius 1 is 1.19 bits per heavy atom. The van der Waals surface area contributed by atoms with Gasteiger partial charge in [0.05, 0.1) is 5.56 Å². The van der Waals surface area contributed by atoms with Crippen LogP contribution < -0.4 is 0 Å². The lowest BCUT2D eigenvalue weighted by atomic mass is 9.96. The molecule has 1 atom stereocenters. The molecule has 0 saturated carbocycles. The third kappa shape index (κ3) is 8.81. The van der Waals surface area contributed by atoms with Gasteiger partial charge in [-0.3, -0.25) is 9.78 Å². The van der Waals surface area contributed by atoms with Crippen molar-refractivity contribution in [1.29, 1.82) is 0 Å². The smallest absolute Gasteiger partial charge is 0.336 e. The molecule has 4 nitrogen and oxygen atoms in total. The Morgan fingerprint density at radius 3 is 2.47 bits per heavy atom. The molecule has 2 rings (SSSR count). The van der Waals surface area contributed by atoms with Crippen molar-refractivity contribution in [3.8, 4) is 5.75 Å². The molecule has 0 saturated heterocycles. The maximum absolute atomic E-state index is 13.2. The highest BCUT2D eigenvalue weighted by molar-refractivity contribution is 5.93. The van der Waals surface area contributed by atoms with E-state index in [1.165, 1.54) is 17.3 Å². The first-order valence-electron chi connectivity index (χ1n) is 11.7. The standard InChI is InChI=1S/C19H28FNO2.C8H11N/c1-4-7-10-16(21(6-3)14-5-2)13-12-15-9-8-11-17(22)18(15)19(20)23;1-3-8-7(2)5-4-6-9-8/h6,8-9,11,16,22H,3-5,7,10,12-14H2,1-2H3;4-6H,3H2,1-2H3. The van der Waals surface area contributed by atoms with Gasteiger partial charge in [-0.25, -0.2) is 0 Å². The normalized spacial score (nSPS) is 11.3. The molecule has 0 bridgehead atoms. The van der Waals surface area contributed by atoms with Gasteiger partial charge in [0, 0.05) is 24.5 Å². The number of hydrogen-bond donors (Lipinski definition) is 1. The van der Waals surface area contributed by atoms with Gasteiger partial charge in [-0.1, -0.05) is 58.4 Å². The summed E-state index contributed by atoms with van der Waals surface area (Å²) < 4.78 is 13.2. The van der Waals surface area contributed by atoms with Crippen LogP contribution in [-0.2, 0) is 12.8 Å². The highest BCUT2D eigenvalue weighted by atomic mass is 19.1. The fourth-order valence-electron chi connectivity index (χ4n) is 3.83. The Labute approximate surface area is 193 Å². The maximum Gasteiger partial charge on any atom is 0.336 e. The molecule has 0 aliphatic carbocycles. The van der Waals surface area contributed by atoms with Crippen LogP contribution in [0.2, 0.25) is 0 Å². The summed E-state index contributed by atoms with van der Waals surface area (Å²) in [7, 11) is 0. The molecule has 0 radical (unpaired) electrons. The lowest BCUT2D eigenvalue weighted by Gasteiger charge is -2.30. The third-order valence-electron chi connectivity index (χ3n) is 5.60. The van der Waals surface area contributed by atoms with Gasteiger partial charge < -0.3 is 10.0 Å². The van der Waals surface area contributed by atoms with Crippen LogP contribution in [0.3, 0.4) is 0 Å². The molecule has 2 aromatic rings. The van der Waals surface area contributed by atoms with Gasteiger partial charge in [0.25, 0.3) is 0 Å². The van der Waals surface area contributed by atoms with Crippen molar-refractivity contribution >= 4 is 6.04 Å². The van der Waals surface area contributed by atoms with Crippen LogP contribution >= 0.6 is 0 Å². The van der Waals surface area contributed by atoms with Gasteiger partial charge in [-0.15, -0.1) is 0 Å². The molecule has 1 unspecified atom stereocenters. The maximum atomic E-state index is 13.2. The number of unbranched alkanes of at least 4 members (excludes halogenated alkanes) is 1. The summed E-state index contributed by atoms with van der Waals surface area (Å²) in [5.74, 6) is -0.283. The number of hydrogen-bond acceptors (Lipinski definition) is 4. The van der Waals surface area contributed by atoms with Crippen LogP contribution in [0.15, 0.2) is 49.3 Å². The van der Waals surface area contributed by atoms with E-state index in [4.69, 9.17) is 0 Å². The zero-order valence-corrected chi connectivity index (χ0v) is 20.1. The van der Waals surface area contributed by atoms with E-state index >= 15 is 0 Å². The van der Waals surface area contributed by atoms with Crippen molar-refractivity contribution in [3.05, 3.63) is 71.7 Å². The van der Waals surface area contributed by atoms with Crippen LogP contribution in [0.5, 0.6) is 5.75 Å². The van der Waals surface area contributed by atoms with Gasteiger partial charge >= 0.3 is 6.04 Å². The van der Waals surface area contributed by atoms with Gasteiger partial charge in [0.2, 0.25) is 0 Å². The molecule has 0 amide bonds. The van der Waals surface area contributed by atoms with Crippen molar-refractivity contribution in [1.82, 2.24) is 9.88 Å². The predicted molar refractivity (Wildman–Crippen MR) is 131 cm³/mol. The number of carbonyl (C=O) groups excluding carboxylic acids is 1. The molecule has 1 heterocycles. The highest BCUT2D eigenvalue weighted by Gasteiger charge is 2.19. The van der Waals surface area contributed by atoms with Crippen molar-refractivity contribution in [2.45, 2.75) is 78.7 Å². The number of aryl methyl sites for hydroxylation is 3. The molecule has 0 aliphatic heterocycles. The number of phenolic OH excluding ortho intramolecular Hbond substituents is 1. The largest absolute Gasteiger partial charge is 0.507 e. The Hall–Kier alpha value is -2.69. The molecule has 176 valence electrons. The van der Waals surface area contributed by atoms with E-state index in [0.29, 0.717) is 18.0 Å². The molecular formula is C27H39FN2O2. The number of halogens is 1. The zero-order chi connectivity index (χ0) is 23.9. The summed E-state index contributed by atoms with van der Waals surface area (Å²) in [5, 5.41) is 9.72. The second-order valence-electron chi connectivity index (χ2n) is 7.96. The minimum absolute atomic E-state index is 0.192. The molecule has 0 fully saturated rings. The summed E-state index contributed by atoms with van der Waals surface area (Å²) in [6, 6.07) is 7.50. The highest BCUT2D eigenvalue weighted by Crippen LogP contribution is 2.25.